The van der Waals surface area contributed by atoms with E-state index in [2.05, 4.69) is 27.7 Å². The van der Waals surface area contributed by atoms with E-state index in [1.807, 2.05) is 0 Å². The first-order valence-corrected chi connectivity index (χ1v) is 9.47. The van der Waals surface area contributed by atoms with Gasteiger partial charge in [-0.05, 0) is 24.7 Å². The average Bonchev–Trinajstić information content (AvgIpc) is 2.53. The Bertz CT molecular complexity index is 229. The van der Waals surface area contributed by atoms with E-state index in [0.29, 0.717) is 25.0 Å². The molecule has 0 amide bonds. The van der Waals surface area contributed by atoms with Gasteiger partial charge in [0.25, 0.3) is 0 Å². The van der Waals surface area contributed by atoms with Gasteiger partial charge in [-0.25, -0.2) is 4.79 Å². The molecule has 0 rings (SSSR count). The molecule has 0 radical (unpaired) electrons. The fourth-order valence-electron chi connectivity index (χ4n) is 2.75. The maximum absolute atomic E-state index is 11.6. The van der Waals surface area contributed by atoms with Crippen molar-refractivity contribution in [1.82, 2.24) is 0 Å². The van der Waals surface area contributed by atoms with Crippen LogP contribution < -0.4 is 0 Å². The minimum absolute atomic E-state index is 0.490. The third-order valence-corrected chi connectivity index (χ3v) is 4.58. The smallest absolute Gasteiger partial charge is 0.434 e. The van der Waals surface area contributed by atoms with Crippen molar-refractivity contribution in [3.8, 4) is 0 Å². The molecule has 0 spiro atoms. The first-order chi connectivity index (χ1) is 10.7. The van der Waals surface area contributed by atoms with E-state index in [1.54, 1.807) is 0 Å². The Balaban J connectivity index is 3.67. The van der Waals surface area contributed by atoms with Crippen LogP contribution in [0.1, 0.15) is 91.9 Å². The first-order valence-electron chi connectivity index (χ1n) is 9.47. The summed E-state index contributed by atoms with van der Waals surface area (Å²) in [4.78, 5) is 11.6. The third-order valence-electron chi connectivity index (χ3n) is 4.58. The monoisotopic (exact) mass is 314 g/mol. The molecule has 0 aromatic carbocycles. The molecule has 0 aromatic rings. The minimum atomic E-state index is -0.490. The lowest BCUT2D eigenvalue weighted by atomic mass is 9.96. The molecule has 0 fully saturated rings. The van der Waals surface area contributed by atoms with Crippen molar-refractivity contribution < 1.29 is 14.3 Å². The molecular weight excluding hydrogens is 276 g/mol. The molecule has 0 aliphatic carbocycles. The van der Waals surface area contributed by atoms with E-state index >= 15 is 0 Å². The molecule has 0 saturated carbocycles. The van der Waals surface area contributed by atoms with Crippen molar-refractivity contribution >= 4 is 6.16 Å². The summed E-state index contributed by atoms with van der Waals surface area (Å²) in [5, 5.41) is 0. The predicted octanol–water partition coefficient (Wildman–Crippen LogP) is 6.35. The lowest BCUT2D eigenvalue weighted by Gasteiger charge is -2.15. The molecule has 0 saturated heterocycles. The van der Waals surface area contributed by atoms with Crippen LogP contribution in [0.5, 0.6) is 0 Å². The van der Waals surface area contributed by atoms with Gasteiger partial charge in [0.1, 0.15) is 0 Å². The number of rotatable bonds is 14. The predicted molar refractivity (Wildman–Crippen MR) is 93.1 cm³/mol. The van der Waals surface area contributed by atoms with Crippen LogP contribution in [-0.2, 0) is 9.47 Å². The molecule has 2 atom stereocenters. The largest absolute Gasteiger partial charge is 0.508 e. The molecule has 22 heavy (non-hydrogen) atoms. The second-order valence-electron chi connectivity index (χ2n) is 6.36. The fraction of sp³-hybridized carbons (Fsp3) is 0.947. The van der Waals surface area contributed by atoms with E-state index in [-0.39, 0.29) is 0 Å². The summed E-state index contributed by atoms with van der Waals surface area (Å²) in [5.74, 6) is 1.34. The van der Waals surface area contributed by atoms with E-state index in [1.165, 1.54) is 38.5 Å². The molecular formula is C19H38O3. The Labute approximate surface area is 138 Å². The summed E-state index contributed by atoms with van der Waals surface area (Å²) < 4.78 is 10.4. The molecule has 0 N–H and O–H groups in total. The van der Waals surface area contributed by atoms with Gasteiger partial charge in [0, 0.05) is 0 Å². The van der Waals surface area contributed by atoms with E-state index in [9.17, 15) is 4.79 Å². The molecule has 3 nitrogen and oxygen atoms in total. The van der Waals surface area contributed by atoms with Gasteiger partial charge in [0.15, 0.2) is 0 Å². The zero-order valence-corrected chi connectivity index (χ0v) is 15.4. The molecule has 0 aliphatic heterocycles. The SMILES string of the molecule is CCCCC(CC)CCOC(=O)OCCC(CC)CCCC. The zero-order chi connectivity index (χ0) is 16.6. The van der Waals surface area contributed by atoms with Crippen LogP contribution in [0.4, 0.5) is 4.79 Å². The van der Waals surface area contributed by atoms with Gasteiger partial charge in [0.2, 0.25) is 0 Å². The molecule has 0 aromatic heterocycles. The number of carbonyl (C=O) groups excluding carboxylic acids is 1. The summed E-state index contributed by atoms with van der Waals surface area (Å²) in [7, 11) is 0. The van der Waals surface area contributed by atoms with Crippen molar-refractivity contribution in [2.45, 2.75) is 91.9 Å². The van der Waals surface area contributed by atoms with Gasteiger partial charge in [-0.15, -0.1) is 0 Å². The lowest BCUT2D eigenvalue weighted by Crippen LogP contribution is -2.13. The molecule has 0 heterocycles. The zero-order valence-electron chi connectivity index (χ0n) is 15.4. The Hall–Kier alpha value is -0.730. The highest BCUT2D eigenvalue weighted by Gasteiger charge is 2.11. The van der Waals surface area contributed by atoms with Crippen LogP contribution in [0.2, 0.25) is 0 Å². The number of unbranched alkanes of at least 4 members (excludes halogenated alkanes) is 2. The fourth-order valence-corrected chi connectivity index (χ4v) is 2.75. The minimum Gasteiger partial charge on any atom is -0.434 e. The van der Waals surface area contributed by atoms with Crippen molar-refractivity contribution in [3.05, 3.63) is 0 Å². The van der Waals surface area contributed by atoms with Gasteiger partial charge in [-0.3, -0.25) is 0 Å². The molecule has 132 valence electrons. The summed E-state index contributed by atoms with van der Waals surface area (Å²) in [6, 6.07) is 0. The van der Waals surface area contributed by atoms with Crippen LogP contribution in [0.25, 0.3) is 0 Å². The maximum atomic E-state index is 11.6. The Morgan fingerprint density at radius 1 is 0.727 bits per heavy atom. The van der Waals surface area contributed by atoms with E-state index in [0.717, 1.165) is 25.7 Å². The number of hydrogen-bond donors (Lipinski definition) is 0. The topological polar surface area (TPSA) is 35.5 Å². The highest BCUT2D eigenvalue weighted by Crippen LogP contribution is 2.18. The second kappa shape index (κ2) is 15.2. The normalized spacial score (nSPS) is 13.6. The summed E-state index contributed by atoms with van der Waals surface area (Å²) in [5.41, 5.74) is 0. The van der Waals surface area contributed by atoms with Crippen LogP contribution in [-0.4, -0.2) is 19.4 Å². The lowest BCUT2D eigenvalue weighted by molar-refractivity contribution is 0.0469. The van der Waals surface area contributed by atoms with Crippen molar-refractivity contribution in [3.63, 3.8) is 0 Å². The van der Waals surface area contributed by atoms with Crippen molar-refractivity contribution in [2.75, 3.05) is 13.2 Å². The number of ether oxygens (including phenoxy) is 2. The third kappa shape index (κ3) is 11.9. The first kappa shape index (κ1) is 21.3. The van der Waals surface area contributed by atoms with Crippen molar-refractivity contribution in [1.29, 1.82) is 0 Å². The van der Waals surface area contributed by atoms with Crippen LogP contribution in [0.15, 0.2) is 0 Å². The maximum Gasteiger partial charge on any atom is 0.508 e. The van der Waals surface area contributed by atoms with Crippen molar-refractivity contribution in [2.24, 2.45) is 11.8 Å². The summed E-state index contributed by atoms with van der Waals surface area (Å²) in [6.45, 7) is 9.83. The van der Waals surface area contributed by atoms with Crippen LogP contribution in [0, 0.1) is 11.8 Å². The summed E-state index contributed by atoms with van der Waals surface area (Å²) >= 11 is 0. The van der Waals surface area contributed by atoms with Gasteiger partial charge >= 0.3 is 6.16 Å². The average molecular weight is 315 g/mol. The van der Waals surface area contributed by atoms with E-state index in [4.69, 9.17) is 9.47 Å². The van der Waals surface area contributed by atoms with Gasteiger partial charge in [-0.1, -0.05) is 79.1 Å². The molecule has 0 bridgehead atoms. The van der Waals surface area contributed by atoms with E-state index < -0.39 is 6.16 Å². The Morgan fingerprint density at radius 2 is 1.14 bits per heavy atom. The van der Waals surface area contributed by atoms with Crippen LogP contribution >= 0.6 is 0 Å². The molecule has 3 heteroatoms. The number of hydrogen-bond acceptors (Lipinski definition) is 3. The van der Waals surface area contributed by atoms with Gasteiger partial charge in [-0.2, -0.15) is 0 Å². The van der Waals surface area contributed by atoms with Gasteiger partial charge in [0.05, 0.1) is 13.2 Å². The second-order valence-corrected chi connectivity index (χ2v) is 6.36. The molecule has 0 aliphatic rings. The van der Waals surface area contributed by atoms with Gasteiger partial charge < -0.3 is 9.47 Å². The Kier molecular flexibility index (Phi) is 14.7. The summed E-state index contributed by atoms with van der Waals surface area (Å²) in [6.07, 6.45) is 11.2. The molecule has 2 unspecified atom stereocenters. The highest BCUT2D eigenvalue weighted by molar-refractivity contribution is 5.59. The number of carbonyl (C=O) groups is 1. The quantitative estimate of drug-likeness (QED) is 0.350. The Morgan fingerprint density at radius 3 is 1.45 bits per heavy atom. The van der Waals surface area contributed by atoms with Crippen LogP contribution in [0.3, 0.4) is 0 Å². The standard InChI is InChI=1S/C19H38O3/c1-5-9-11-17(7-3)13-15-21-19(20)22-16-14-18(8-4)12-10-6-2/h17-18H,5-16H2,1-4H3. The highest BCUT2D eigenvalue weighted by atomic mass is 16.7.